The summed E-state index contributed by atoms with van der Waals surface area (Å²) in [6.07, 6.45) is 0.222. The van der Waals surface area contributed by atoms with E-state index in [0.717, 1.165) is 0 Å². The molecule has 0 heterocycles. The Morgan fingerprint density at radius 1 is 1.30 bits per heavy atom. The molecule has 6 heteroatoms. The molecule has 0 amide bonds. The van der Waals surface area contributed by atoms with Gasteiger partial charge in [0.15, 0.2) is 0 Å². The van der Waals surface area contributed by atoms with Crippen LogP contribution in [0.3, 0.4) is 0 Å². The maximum atomic E-state index is 13.8. The molecule has 0 aliphatic carbocycles. The Bertz CT molecular complexity index is 389. The van der Waals surface area contributed by atoms with Crippen LogP contribution in [-0.4, -0.2) is 20.9 Å². The van der Waals surface area contributed by atoms with E-state index in [-0.39, 0.29) is 20.7 Å². The van der Waals surface area contributed by atoms with Crippen LogP contribution in [0.4, 0.5) is 8.78 Å². The average molecular weight is 310 g/mol. The fourth-order valence-corrected chi connectivity index (χ4v) is 2.40. The van der Waals surface area contributed by atoms with Crippen molar-refractivity contribution in [1.29, 1.82) is 5.26 Å². The molecule has 0 aromatic rings. The Balaban J connectivity index is 0. The van der Waals surface area contributed by atoms with Crippen molar-refractivity contribution >= 4 is 11.0 Å². The maximum absolute atomic E-state index is 13.8. The molecule has 120 valence electrons. The Morgan fingerprint density at radius 2 is 1.80 bits per heavy atom. The van der Waals surface area contributed by atoms with E-state index >= 15 is 0 Å². The normalized spacial score (nSPS) is 16.6. The molecule has 0 fully saturated rings. The number of halogens is 2. The predicted molar refractivity (Wildman–Crippen MR) is 80.8 cm³/mol. The molecule has 0 aromatic carbocycles. The smallest absolute Gasteiger partial charge is 0.242 e. The summed E-state index contributed by atoms with van der Waals surface area (Å²) in [7, 11) is -1.38. The first kappa shape index (κ1) is 19.5. The third-order valence-electron chi connectivity index (χ3n) is 3.45. The summed E-state index contributed by atoms with van der Waals surface area (Å²) in [6.45, 7) is 9.84. The Hall–Kier alpha value is -0.540. The lowest BCUT2D eigenvalue weighted by atomic mass is 9.79. The molecule has 0 saturated heterocycles. The summed E-state index contributed by atoms with van der Waals surface area (Å²) in [5.74, 6) is -2.77. The molecule has 2 atom stereocenters. The van der Waals surface area contributed by atoms with E-state index < -0.39 is 33.1 Å². The van der Waals surface area contributed by atoms with Crippen molar-refractivity contribution in [2.24, 2.45) is 5.41 Å². The van der Waals surface area contributed by atoms with E-state index in [1.165, 1.54) is 20.8 Å². The van der Waals surface area contributed by atoms with E-state index in [4.69, 9.17) is 5.26 Å². The molecule has 20 heavy (non-hydrogen) atoms. The average Bonchev–Trinajstić information content (AvgIpc) is 2.32. The highest BCUT2D eigenvalue weighted by Crippen LogP contribution is 2.42. The highest BCUT2D eigenvalue weighted by Gasteiger charge is 2.44. The van der Waals surface area contributed by atoms with Gasteiger partial charge < -0.3 is 0 Å². The zero-order chi connectivity index (χ0) is 16.2. The van der Waals surface area contributed by atoms with E-state index in [2.05, 4.69) is 4.72 Å². The lowest BCUT2D eigenvalue weighted by molar-refractivity contribution is -0.112. The Labute approximate surface area is 125 Å². The number of hydrogen-bond donors (Lipinski definition) is 1. The van der Waals surface area contributed by atoms with Crippen molar-refractivity contribution in [3.8, 4) is 6.07 Å². The number of nitrogens with zero attached hydrogens (tertiary/aromatic N) is 1. The van der Waals surface area contributed by atoms with Gasteiger partial charge in [-0.1, -0.05) is 20.8 Å². The van der Waals surface area contributed by atoms with E-state index in [9.17, 15) is 13.0 Å². The molecule has 0 saturated carbocycles. The monoisotopic (exact) mass is 310 g/mol. The number of rotatable bonds is 7. The van der Waals surface area contributed by atoms with Crippen LogP contribution in [0.1, 0.15) is 62.2 Å². The molecular weight excluding hydrogens is 282 g/mol. The van der Waals surface area contributed by atoms with Gasteiger partial charge in [0, 0.05) is 13.3 Å². The van der Waals surface area contributed by atoms with Gasteiger partial charge in [-0.3, -0.25) is 0 Å². The standard InChI is InChI=1S/C14H26F2N2OS.H2/c1-7-14(15,16)13(5,6)9-8-11(10-17)18-20(19)12(2,3)4;/h11,18H,7-9H2,1-6H3;1H/t11-,20-;/m0./s1. The second-order valence-corrected chi connectivity index (χ2v) is 8.66. The summed E-state index contributed by atoms with van der Waals surface area (Å²) in [5, 5.41) is 9.06. The molecule has 0 unspecified atom stereocenters. The molecule has 0 aromatic heterocycles. The van der Waals surface area contributed by atoms with Crippen LogP contribution < -0.4 is 4.72 Å². The van der Waals surface area contributed by atoms with Gasteiger partial charge in [0.1, 0.15) is 6.04 Å². The molecule has 0 bridgehead atoms. The van der Waals surface area contributed by atoms with Crippen molar-refractivity contribution in [2.45, 2.75) is 77.5 Å². The molecule has 1 N–H and O–H groups in total. The third-order valence-corrected chi connectivity index (χ3v) is 5.06. The first-order chi connectivity index (χ1) is 8.87. The van der Waals surface area contributed by atoms with Crippen molar-refractivity contribution in [1.82, 2.24) is 4.72 Å². The van der Waals surface area contributed by atoms with Gasteiger partial charge in [-0.25, -0.2) is 17.7 Å². The van der Waals surface area contributed by atoms with Crippen LogP contribution >= 0.6 is 0 Å². The van der Waals surface area contributed by atoms with Gasteiger partial charge in [0.2, 0.25) is 0 Å². The highest BCUT2D eigenvalue weighted by atomic mass is 32.2. The van der Waals surface area contributed by atoms with Gasteiger partial charge in [0.25, 0.3) is 5.92 Å². The first-order valence-electron chi connectivity index (χ1n) is 6.83. The van der Waals surface area contributed by atoms with E-state index in [1.54, 1.807) is 20.8 Å². The zero-order valence-electron chi connectivity index (χ0n) is 13.2. The fourth-order valence-electron chi connectivity index (χ4n) is 1.62. The fraction of sp³-hybridized carbons (Fsp3) is 0.929. The van der Waals surface area contributed by atoms with Crippen LogP contribution in [0.2, 0.25) is 0 Å². The van der Waals surface area contributed by atoms with Gasteiger partial charge >= 0.3 is 0 Å². The second kappa shape index (κ2) is 6.95. The van der Waals surface area contributed by atoms with Crippen LogP contribution in [0.25, 0.3) is 0 Å². The minimum absolute atomic E-state index is 0. The molecule has 0 radical (unpaired) electrons. The summed E-state index contributed by atoms with van der Waals surface area (Å²) in [4.78, 5) is 0. The number of nitrogens with one attached hydrogen (secondary N) is 1. The second-order valence-electron chi connectivity index (χ2n) is 6.66. The van der Waals surface area contributed by atoms with Crippen LogP contribution in [-0.2, 0) is 11.0 Å². The SMILES string of the molecule is CCC(F)(F)C(C)(C)CC[C@@H](C#N)N[S@@](=O)C(C)(C)C.[HH]. The molecule has 3 nitrogen and oxygen atoms in total. The zero-order valence-corrected chi connectivity index (χ0v) is 14.0. The van der Waals surface area contributed by atoms with Gasteiger partial charge in [-0.05, 0) is 33.6 Å². The number of hydrogen-bond acceptors (Lipinski definition) is 2. The highest BCUT2D eigenvalue weighted by molar-refractivity contribution is 7.84. The Kier molecular flexibility index (Phi) is 6.76. The third kappa shape index (κ3) is 5.45. The summed E-state index contributed by atoms with van der Waals surface area (Å²) < 4.78 is 41.7. The lowest BCUT2D eigenvalue weighted by Gasteiger charge is -2.34. The number of nitriles is 1. The molecular formula is C14H28F2N2OS. The predicted octanol–water partition coefficient (Wildman–Crippen LogP) is 4.03. The molecule has 0 aliphatic heterocycles. The molecule has 0 rings (SSSR count). The van der Waals surface area contributed by atoms with Crippen molar-refractivity contribution < 1.29 is 14.4 Å². The van der Waals surface area contributed by atoms with Gasteiger partial charge in [-0.15, -0.1) is 0 Å². The lowest BCUT2D eigenvalue weighted by Crippen LogP contribution is -2.41. The minimum Gasteiger partial charge on any atom is -0.242 e. The van der Waals surface area contributed by atoms with Crippen LogP contribution in [0.5, 0.6) is 0 Å². The maximum Gasteiger partial charge on any atom is 0.252 e. The summed E-state index contributed by atoms with van der Waals surface area (Å²) in [5.41, 5.74) is -1.18. The van der Waals surface area contributed by atoms with Gasteiger partial charge in [-0.2, -0.15) is 5.26 Å². The molecule has 0 spiro atoms. The van der Waals surface area contributed by atoms with Crippen molar-refractivity contribution in [2.75, 3.05) is 0 Å². The first-order valence-corrected chi connectivity index (χ1v) is 7.98. The van der Waals surface area contributed by atoms with Crippen molar-refractivity contribution in [3.63, 3.8) is 0 Å². The minimum atomic E-state index is -2.77. The summed E-state index contributed by atoms with van der Waals surface area (Å²) in [6, 6.07) is 1.32. The van der Waals surface area contributed by atoms with E-state index in [1.807, 2.05) is 6.07 Å². The quantitative estimate of drug-likeness (QED) is 0.772. The Morgan fingerprint density at radius 3 is 2.15 bits per heavy atom. The van der Waals surface area contributed by atoms with Crippen LogP contribution in [0, 0.1) is 16.7 Å². The number of alkyl halides is 2. The van der Waals surface area contributed by atoms with Crippen molar-refractivity contribution in [3.05, 3.63) is 0 Å². The van der Waals surface area contributed by atoms with Crippen LogP contribution in [0.15, 0.2) is 0 Å². The van der Waals surface area contributed by atoms with E-state index in [0.29, 0.717) is 0 Å². The van der Waals surface area contributed by atoms with Gasteiger partial charge in [0.05, 0.1) is 21.8 Å². The largest absolute Gasteiger partial charge is 0.252 e. The molecule has 0 aliphatic rings. The topological polar surface area (TPSA) is 52.9 Å². The summed E-state index contributed by atoms with van der Waals surface area (Å²) >= 11 is 0.